The number of hydrogen-bond acceptors (Lipinski definition) is 3. The van der Waals surface area contributed by atoms with Crippen LogP contribution in [0.15, 0.2) is 24.3 Å². The average molecular weight is 284 g/mol. The van der Waals surface area contributed by atoms with Gasteiger partial charge < -0.3 is 14.7 Å². The molecule has 102 valence electrons. The van der Waals surface area contributed by atoms with E-state index in [2.05, 4.69) is 0 Å². The van der Waals surface area contributed by atoms with Crippen molar-refractivity contribution in [1.29, 1.82) is 0 Å². The number of hydrogen-bond donors (Lipinski definition) is 1. The summed E-state index contributed by atoms with van der Waals surface area (Å²) in [6.07, 6.45) is -0.565. The molecule has 1 heterocycles. The van der Waals surface area contributed by atoms with E-state index < -0.39 is 12.1 Å². The molecule has 2 rings (SSSR count). The van der Waals surface area contributed by atoms with E-state index in [4.69, 9.17) is 21.4 Å². The Balaban J connectivity index is 2.07. The molecule has 1 aromatic rings. The lowest BCUT2D eigenvalue weighted by Gasteiger charge is -2.32. The monoisotopic (exact) mass is 283 g/mol. The van der Waals surface area contributed by atoms with Crippen LogP contribution in [0.3, 0.4) is 0 Å². The number of morpholine rings is 1. The maximum atomic E-state index is 12.3. The topological polar surface area (TPSA) is 66.8 Å². The van der Waals surface area contributed by atoms with Gasteiger partial charge in [0.15, 0.2) is 0 Å². The van der Waals surface area contributed by atoms with Crippen LogP contribution < -0.4 is 0 Å². The number of carboxylic acid groups (broad SMARTS) is 1. The average Bonchev–Trinajstić information content (AvgIpc) is 2.38. The Hall–Kier alpha value is -1.59. The highest BCUT2D eigenvalue weighted by Crippen LogP contribution is 2.19. The first kappa shape index (κ1) is 13.8. The van der Waals surface area contributed by atoms with Gasteiger partial charge in [0.2, 0.25) is 0 Å². The second kappa shape index (κ2) is 6.04. The normalized spacial score (nSPS) is 19.2. The standard InChI is InChI=1S/C13H14ClNO4/c14-11-4-2-1-3-10(11)13(18)15-5-6-19-9(8-15)7-12(16)17/h1-4,9H,5-8H2,(H,16,17)/t9-/m1/s1. The molecule has 0 spiro atoms. The number of carbonyl (C=O) groups is 2. The Morgan fingerprint density at radius 1 is 1.42 bits per heavy atom. The van der Waals surface area contributed by atoms with Crippen molar-refractivity contribution in [3.63, 3.8) is 0 Å². The van der Waals surface area contributed by atoms with E-state index in [-0.39, 0.29) is 18.9 Å². The Kier molecular flexibility index (Phi) is 4.39. The predicted molar refractivity (Wildman–Crippen MR) is 69.3 cm³/mol. The largest absolute Gasteiger partial charge is 0.481 e. The second-order valence-corrected chi connectivity index (χ2v) is 4.73. The van der Waals surface area contributed by atoms with Gasteiger partial charge in [-0.1, -0.05) is 23.7 Å². The highest BCUT2D eigenvalue weighted by molar-refractivity contribution is 6.33. The zero-order chi connectivity index (χ0) is 13.8. The summed E-state index contributed by atoms with van der Waals surface area (Å²) in [5.74, 6) is -1.12. The summed E-state index contributed by atoms with van der Waals surface area (Å²) in [6, 6.07) is 6.82. The van der Waals surface area contributed by atoms with Crippen LogP contribution in [0.1, 0.15) is 16.8 Å². The fraction of sp³-hybridized carbons (Fsp3) is 0.385. The number of amides is 1. The summed E-state index contributed by atoms with van der Waals surface area (Å²) < 4.78 is 5.33. The molecule has 0 unspecified atom stereocenters. The van der Waals surface area contributed by atoms with Gasteiger partial charge in [-0.2, -0.15) is 0 Å². The third-order valence-electron chi connectivity index (χ3n) is 2.93. The highest BCUT2D eigenvalue weighted by Gasteiger charge is 2.27. The second-order valence-electron chi connectivity index (χ2n) is 4.32. The first-order valence-electron chi connectivity index (χ1n) is 5.95. The summed E-state index contributed by atoms with van der Waals surface area (Å²) in [5.41, 5.74) is 0.431. The number of benzene rings is 1. The number of aliphatic carboxylic acids is 1. The van der Waals surface area contributed by atoms with Crippen LogP contribution in [0, 0.1) is 0 Å². The van der Waals surface area contributed by atoms with E-state index in [9.17, 15) is 9.59 Å². The zero-order valence-corrected chi connectivity index (χ0v) is 11.0. The van der Waals surface area contributed by atoms with Crippen LogP contribution in [0.25, 0.3) is 0 Å². The lowest BCUT2D eigenvalue weighted by Crippen LogP contribution is -2.46. The zero-order valence-electron chi connectivity index (χ0n) is 10.2. The maximum Gasteiger partial charge on any atom is 0.306 e. The quantitative estimate of drug-likeness (QED) is 0.916. The molecule has 0 bridgehead atoms. The summed E-state index contributed by atoms with van der Waals surface area (Å²) in [7, 11) is 0. The molecule has 1 aliphatic rings. The summed E-state index contributed by atoms with van der Waals surface area (Å²) in [4.78, 5) is 24.5. The van der Waals surface area contributed by atoms with Gasteiger partial charge >= 0.3 is 5.97 Å². The summed E-state index contributed by atoms with van der Waals surface area (Å²) in [6.45, 7) is 1.06. The summed E-state index contributed by atoms with van der Waals surface area (Å²) in [5, 5.41) is 9.14. The van der Waals surface area contributed by atoms with Crippen molar-refractivity contribution in [2.24, 2.45) is 0 Å². The molecule has 5 nitrogen and oxygen atoms in total. The number of carboxylic acids is 1. The molecule has 1 atom stereocenters. The molecule has 0 saturated carbocycles. The molecule has 1 amide bonds. The van der Waals surface area contributed by atoms with Crippen molar-refractivity contribution in [2.75, 3.05) is 19.7 Å². The van der Waals surface area contributed by atoms with Gasteiger partial charge in [-0.25, -0.2) is 0 Å². The van der Waals surface area contributed by atoms with Gasteiger partial charge in [0.25, 0.3) is 5.91 Å². The van der Waals surface area contributed by atoms with Crippen LogP contribution in [-0.2, 0) is 9.53 Å². The number of rotatable bonds is 3. The maximum absolute atomic E-state index is 12.3. The van der Waals surface area contributed by atoms with E-state index in [0.29, 0.717) is 23.7 Å². The van der Waals surface area contributed by atoms with Crippen molar-refractivity contribution in [3.8, 4) is 0 Å². The molecular weight excluding hydrogens is 270 g/mol. The molecule has 0 aliphatic carbocycles. The van der Waals surface area contributed by atoms with Gasteiger partial charge in [-0.05, 0) is 12.1 Å². The minimum absolute atomic E-state index is 0.105. The molecule has 0 aromatic heterocycles. The van der Waals surface area contributed by atoms with E-state index in [0.717, 1.165) is 0 Å². The van der Waals surface area contributed by atoms with Crippen molar-refractivity contribution in [1.82, 2.24) is 4.90 Å². The fourth-order valence-corrected chi connectivity index (χ4v) is 2.24. The number of nitrogens with zero attached hydrogens (tertiary/aromatic N) is 1. The molecule has 19 heavy (non-hydrogen) atoms. The molecule has 1 saturated heterocycles. The van der Waals surface area contributed by atoms with Crippen molar-refractivity contribution < 1.29 is 19.4 Å². The Labute approximate surface area is 115 Å². The van der Waals surface area contributed by atoms with Crippen molar-refractivity contribution in [2.45, 2.75) is 12.5 Å². The van der Waals surface area contributed by atoms with Gasteiger partial charge in [-0.15, -0.1) is 0 Å². The minimum atomic E-state index is -0.933. The Morgan fingerprint density at radius 2 is 2.16 bits per heavy atom. The molecule has 1 fully saturated rings. The van der Waals surface area contributed by atoms with Crippen LogP contribution >= 0.6 is 11.6 Å². The van der Waals surface area contributed by atoms with Gasteiger partial charge in [0.1, 0.15) is 0 Å². The van der Waals surface area contributed by atoms with Crippen LogP contribution in [0.5, 0.6) is 0 Å². The van der Waals surface area contributed by atoms with Crippen LogP contribution in [-0.4, -0.2) is 47.7 Å². The number of halogens is 1. The number of ether oxygens (including phenoxy) is 1. The van der Waals surface area contributed by atoms with E-state index in [1.165, 1.54) is 0 Å². The van der Waals surface area contributed by atoms with E-state index in [1.54, 1.807) is 29.2 Å². The smallest absolute Gasteiger partial charge is 0.306 e. The van der Waals surface area contributed by atoms with E-state index >= 15 is 0 Å². The van der Waals surface area contributed by atoms with Crippen LogP contribution in [0.4, 0.5) is 0 Å². The van der Waals surface area contributed by atoms with Gasteiger partial charge in [0, 0.05) is 13.1 Å². The summed E-state index contributed by atoms with van der Waals surface area (Å²) >= 11 is 5.99. The SMILES string of the molecule is O=C(O)C[C@@H]1CN(C(=O)c2ccccc2Cl)CCO1. The van der Waals surface area contributed by atoms with E-state index in [1.807, 2.05) is 0 Å². The minimum Gasteiger partial charge on any atom is -0.481 e. The predicted octanol–water partition coefficient (Wildman–Crippen LogP) is 1.66. The lowest BCUT2D eigenvalue weighted by atomic mass is 10.1. The third-order valence-corrected chi connectivity index (χ3v) is 3.26. The molecule has 6 heteroatoms. The molecule has 1 N–H and O–H groups in total. The van der Waals surface area contributed by atoms with Gasteiger partial charge in [0.05, 0.1) is 29.7 Å². The fourth-order valence-electron chi connectivity index (χ4n) is 2.03. The molecule has 1 aliphatic heterocycles. The Morgan fingerprint density at radius 3 is 2.84 bits per heavy atom. The first-order valence-corrected chi connectivity index (χ1v) is 6.33. The van der Waals surface area contributed by atoms with Crippen molar-refractivity contribution in [3.05, 3.63) is 34.9 Å². The molecule has 1 aromatic carbocycles. The van der Waals surface area contributed by atoms with Gasteiger partial charge in [-0.3, -0.25) is 9.59 Å². The molecular formula is C13H14ClNO4. The lowest BCUT2D eigenvalue weighted by molar-refractivity contribution is -0.141. The molecule has 0 radical (unpaired) electrons. The Bertz CT molecular complexity index is 491. The highest BCUT2D eigenvalue weighted by atomic mass is 35.5. The number of carbonyl (C=O) groups excluding carboxylic acids is 1. The van der Waals surface area contributed by atoms with Crippen LogP contribution in [0.2, 0.25) is 5.02 Å². The van der Waals surface area contributed by atoms with Crippen molar-refractivity contribution >= 4 is 23.5 Å². The first-order chi connectivity index (χ1) is 9.08. The third kappa shape index (κ3) is 3.45.